The van der Waals surface area contributed by atoms with Gasteiger partial charge in [0, 0.05) is 16.4 Å². The number of nitrogens with zero attached hydrogens (tertiary/aromatic N) is 2. The van der Waals surface area contributed by atoms with Gasteiger partial charge >= 0.3 is 0 Å². The Morgan fingerprint density at radius 2 is 2.00 bits per heavy atom. The number of aryl methyl sites for hydroxylation is 2. The number of rotatable bonds is 2. The van der Waals surface area contributed by atoms with Gasteiger partial charge in [-0.3, -0.25) is 4.79 Å². The average Bonchev–Trinajstić information content (AvgIpc) is 2.36. The van der Waals surface area contributed by atoms with Gasteiger partial charge in [0.25, 0.3) is 5.91 Å². The second kappa shape index (κ2) is 5.48. The zero-order chi connectivity index (χ0) is 14.0. The molecule has 0 bridgehead atoms. The summed E-state index contributed by atoms with van der Waals surface area (Å²) in [5, 5.41) is 2.75. The molecule has 0 atom stereocenters. The Bertz CT molecular complexity index is 623. The van der Waals surface area contributed by atoms with Crippen molar-refractivity contribution in [3.05, 3.63) is 51.4 Å². The molecule has 98 valence electrons. The van der Waals surface area contributed by atoms with Crippen LogP contribution in [0.3, 0.4) is 0 Å². The first-order chi connectivity index (χ1) is 8.97. The summed E-state index contributed by atoms with van der Waals surface area (Å²) in [7, 11) is 0. The maximum Gasteiger partial charge on any atom is 0.275 e. The predicted octanol–water partition coefficient (Wildman–Crippen LogP) is 3.42. The van der Waals surface area contributed by atoms with Gasteiger partial charge in [-0.1, -0.05) is 22.0 Å². The van der Waals surface area contributed by atoms with Crippen molar-refractivity contribution in [1.29, 1.82) is 0 Å². The molecule has 0 radical (unpaired) electrons. The molecular formula is C14H14BrN3O. The van der Waals surface area contributed by atoms with E-state index in [0.717, 1.165) is 21.3 Å². The first-order valence-electron chi connectivity index (χ1n) is 5.85. The van der Waals surface area contributed by atoms with Gasteiger partial charge in [0.1, 0.15) is 11.5 Å². The normalized spacial score (nSPS) is 10.3. The van der Waals surface area contributed by atoms with Crippen molar-refractivity contribution in [2.75, 3.05) is 5.32 Å². The van der Waals surface area contributed by atoms with E-state index >= 15 is 0 Å². The summed E-state index contributed by atoms with van der Waals surface area (Å²) in [6.45, 7) is 5.65. The summed E-state index contributed by atoms with van der Waals surface area (Å²) >= 11 is 3.42. The average molecular weight is 320 g/mol. The van der Waals surface area contributed by atoms with Crippen molar-refractivity contribution in [1.82, 2.24) is 9.97 Å². The Hall–Kier alpha value is -1.75. The number of pyridine rings is 2. The lowest BCUT2D eigenvalue weighted by Crippen LogP contribution is -2.16. The van der Waals surface area contributed by atoms with Crippen LogP contribution >= 0.6 is 15.9 Å². The van der Waals surface area contributed by atoms with Crippen LogP contribution in [0, 0.1) is 20.8 Å². The molecule has 2 rings (SSSR count). The van der Waals surface area contributed by atoms with Crippen LogP contribution in [0.1, 0.15) is 27.3 Å². The molecule has 4 nitrogen and oxygen atoms in total. The molecule has 1 N–H and O–H groups in total. The maximum atomic E-state index is 12.2. The summed E-state index contributed by atoms with van der Waals surface area (Å²) in [6.07, 6.45) is 1.71. The lowest BCUT2D eigenvalue weighted by atomic mass is 10.2. The smallest absolute Gasteiger partial charge is 0.275 e. The van der Waals surface area contributed by atoms with Crippen LogP contribution in [0.4, 0.5) is 5.82 Å². The van der Waals surface area contributed by atoms with Crippen molar-refractivity contribution in [3.63, 3.8) is 0 Å². The van der Waals surface area contributed by atoms with E-state index in [1.165, 1.54) is 0 Å². The number of carbonyl (C=O) groups is 1. The summed E-state index contributed by atoms with van der Waals surface area (Å²) in [6, 6.07) is 5.55. The van der Waals surface area contributed by atoms with E-state index in [4.69, 9.17) is 0 Å². The molecule has 0 saturated heterocycles. The van der Waals surface area contributed by atoms with E-state index in [1.807, 2.05) is 32.9 Å². The highest BCUT2D eigenvalue weighted by Crippen LogP contribution is 2.20. The second-order valence-corrected chi connectivity index (χ2v) is 5.25. The minimum absolute atomic E-state index is 0.252. The van der Waals surface area contributed by atoms with Crippen LogP contribution in [-0.4, -0.2) is 15.9 Å². The topological polar surface area (TPSA) is 54.9 Å². The van der Waals surface area contributed by atoms with Gasteiger partial charge in [0.15, 0.2) is 0 Å². The SMILES string of the molecule is Cc1ccc(NC(=O)c2nc(C)cc(Br)c2C)nc1. The van der Waals surface area contributed by atoms with Crippen LogP contribution in [0.2, 0.25) is 0 Å². The Labute approximate surface area is 120 Å². The number of amides is 1. The molecule has 0 fully saturated rings. The third kappa shape index (κ3) is 3.17. The minimum atomic E-state index is -0.252. The molecule has 0 aliphatic rings. The number of halogens is 1. The fraction of sp³-hybridized carbons (Fsp3) is 0.214. The number of aromatic nitrogens is 2. The largest absolute Gasteiger partial charge is 0.305 e. The monoisotopic (exact) mass is 319 g/mol. The zero-order valence-corrected chi connectivity index (χ0v) is 12.6. The quantitative estimate of drug-likeness (QED) is 0.922. The lowest BCUT2D eigenvalue weighted by molar-refractivity contribution is 0.102. The molecule has 0 spiro atoms. The Kier molecular flexibility index (Phi) is 3.95. The summed E-state index contributed by atoms with van der Waals surface area (Å²) in [5.74, 6) is 0.271. The summed E-state index contributed by atoms with van der Waals surface area (Å²) in [4.78, 5) is 20.6. The molecule has 2 aromatic heterocycles. The lowest BCUT2D eigenvalue weighted by Gasteiger charge is -2.09. The van der Waals surface area contributed by atoms with Crippen LogP contribution in [0.5, 0.6) is 0 Å². The highest BCUT2D eigenvalue weighted by Gasteiger charge is 2.14. The van der Waals surface area contributed by atoms with Gasteiger partial charge in [-0.15, -0.1) is 0 Å². The highest BCUT2D eigenvalue weighted by molar-refractivity contribution is 9.10. The van der Waals surface area contributed by atoms with Crippen molar-refractivity contribution in [2.45, 2.75) is 20.8 Å². The molecule has 0 aliphatic heterocycles. The van der Waals surface area contributed by atoms with Gasteiger partial charge in [-0.25, -0.2) is 9.97 Å². The Balaban J connectivity index is 2.27. The maximum absolute atomic E-state index is 12.2. The summed E-state index contributed by atoms with van der Waals surface area (Å²) in [5.41, 5.74) is 3.06. The van der Waals surface area contributed by atoms with E-state index in [9.17, 15) is 4.79 Å². The van der Waals surface area contributed by atoms with Crippen molar-refractivity contribution in [2.24, 2.45) is 0 Å². The molecule has 19 heavy (non-hydrogen) atoms. The number of anilines is 1. The fourth-order valence-electron chi connectivity index (χ4n) is 1.64. The van der Waals surface area contributed by atoms with Gasteiger partial charge in [-0.05, 0) is 44.0 Å². The number of carbonyl (C=O) groups excluding carboxylic acids is 1. The van der Waals surface area contributed by atoms with Crippen LogP contribution < -0.4 is 5.32 Å². The van der Waals surface area contributed by atoms with Gasteiger partial charge in [0.2, 0.25) is 0 Å². The fourth-order valence-corrected chi connectivity index (χ4v) is 2.15. The van der Waals surface area contributed by atoms with Crippen molar-refractivity contribution in [3.8, 4) is 0 Å². The van der Waals surface area contributed by atoms with Crippen LogP contribution in [0.15, 0.2) is 28.9 Å². The molecular weight excluding hydrogens is 306 g/mol. The second-order valence-electron chi connectivity index (χ2n) is 4.39. The number of nitrogens with one attached hydrogen (secondary N) is 1. The molecule has 2 heterocycles. The van der Waals surface area contributed by atoms with Crippen molar-refractivity contribution >= 4 is 27.7 Å². The van der Waals surface area contributed by atoms with E-state index in [2.05, 4.69) is 31.2 Å². The van der Waals surface area contributed by atoms with Gasteiger partial charge < -0.3 is 5.32 Å². The number of hydrogen-bond donors (Lipinski definition) is 1. The highest BCUT2D eigenvalue weighted by atomic mass is 79.9. The predicted molar refractivity (Wildman–Crippen MR) is 78.3 cm³/mol. The zero-order valence-electron chi connectivity index (χ0n) is 11.0. The van der Waals surface area contributed by atoms with E-state index in [0.29, 0.717) is 11.5 Å². The Morgan fingerprint density at radius 3 is 2.63 bits per heavy atom. The third-order valence-electron chi connectivity index (χ3n) is 2.71. The van der Waals surface area contributed by atoms with Gasteiger partial charge in [-0.2, -0.15) is 0 Å². The molecule has 2 aromatic rings. The van der Waals surface area contributed by atoms with Crippen LogP contribution in [0.25, 0.3) is 0 Å². The molecule has 0 aliphatic carbocycles. The standard InChI is InChI=1S/C14H14BrN3O/c1-8-4-5-12(16-7-8)18-14(19)13-10(3)11(15)6-9(2)17-13/h4-7H,1-3H3,(H,16,18,19). The minimum Gasteiger partial charge on any atom is -0.305 e. The first-order valence-corrected chi connectivity index (χ1v) is 6.64. The molecule has 1 amide bonds. The third-order valence-corrected chi connectivity index (χ3v) is 3.53. The van der Waals surface area contributed by atoms with Crippen molar-refractivity contribution < 1.29 is 4.79 Å². The van der Waals surface area contributed by atoms with Gasteiger partial charge in [0.05, 0.1) is 0 Å². The number of hydrogen-bond acceptors (Lipinski definition) is 3. The molecule has 0 aromatic carbocycles. The first kappa shape index (κ1) is 13.7. The van der Waals surface area contributed by atoms with E-state index < -0.39 is 0 Å². The summed E-state index contributed by atoms with van der Waals surface area (Å²) < 4.78 is 0.877. The molecule has 5 heteroatoms. The molecule has 0 saturated carbocycles. The van der Waals surface area contributed by atoms with Crippen LogP contribution in [-0.2, 0) is 0 Å². The van der Waals surface area contributed by atoms with E-state index in [-0.39, 0.29) is 5.91 Å². The molecule has 0 unspecified atom stereocenters. The van der Waals surface area contributed by atoms with E-state index in [1.54, 1.807) is 12.3 Å². The Morgan fingerprint density at radius 1 is 1.26 bits per heavy atom.